The third-order valence-electron chi connectivity index (χ3n) is 3.00. The summed E-state index contributed by atoms with van der Waals surface area (Å²) in [4.78, 5) is 6.53. The molecular formula is C13H26N6. The molecule has 1 unspecified atom stereocenters. The zero-order valence-electron chi connectivity index (χ0n) is 12.4. The Balaban J connectivity index is 2.57. The van der Waals surface area contributed by atoms with Crippen molar-refractivity contribution in [2.24, 2.45) is 17.8 Å². The molecule has 3 N–H and O–H groups in total. The van der Waals surface area contributed by atoms with Crippen molar-refractivity contribution in [1.82, 2.24) is 20.0 Å². The number of aliphatic imine (C=N–C) groups is 1. The van der Waals surface area contributed by atoms with Crippen LogP contribution >= 0.6 is 0 Å². The zero-order valence-corrected chi connectivity index (χ0v) is 12.4. The predicted octanol–water partition coefficient (Wildman–Crippen LogP) is 0.727. The van der Waals surface area contributed by atoms with Crippen LogP contribution in [0.25, 0.3) is 0 Å². The number of nitrogens with two attached hydrogens (primary N) is 1. The van der Waals surface area contributed by atoms with Gasteiger partial charge in [-0.2, -0.15) is 5.10 Å². The van der Waals surface area contributed by atoms with E-state index in [1.807, 2.05) is 33.5 Å². The normalized spacial score (nSPS) is 13.8. The van der Waals surface area contributed by atoms with Gasteiger partial charge in [0, 0.05) is 25.4 Å². The van der Waals surface area contributed by atoms with Gasteiger partial charge < -0.3 is 16.0 Å². The van der Waals surface area contributed by atoms with Crippen LogP contribution in [-0.4, -0.2) is 47.8 Å². The van der Waals surface area contributed by atoms with Crippen molar-refractivity contribution in [3.63, 3.8) is 0 Å². The third-order valence-corrected chi connectivity index (χ3v) is 3.00. The Hall–Kier alpha value is -1.56. The molecule has 0 aliphatic heterocycles. The average molecular weight is 266 g/mol. The summed E-state index contributed by atoms with van der Waals surface area (Å²) in [6, 6.07) is 0.195. The number of hydrogen-bond acceptors (Lipinski definition) is 3. The smallest absolute Gasteiger partial charge is 0.188 e. The summed E-state index contributed by atoms with van der Waals surface area (Å²) < 4.78 is 1.80. The van der Waals surface area contributed by atoms with E-state index in [0.29, 0.717) is 12.5 Å². The summed E-state index contributed by atoms with van der Waals surface area (Å²) in [7, 11) is 5.99. The molecule has 1 atom stereocenters. The van der Waals surface area contributed by atoms with Gasteiger partial charge in [0.15, 0.2) is 5.96 Å². The maximum atomic E-state index is 5.85. The van der Waals surface area contributed by atoms with Gasteiger partial charge in [-0.3, -0.25) is 9.67 Å². The zero-order chi connectivity index (χ0) is 14.3. The first-order valence-electron chi connectivity index (χ1n) is 6.73. The minimum Gasteiger partial charge on any atom is -0.370 e. The summed E-state index contributed by atoms with van der Waals surface area (Å²) >= 11 is 0. The van der Waals surface area contributed by atoms with E-state index in [4.69, 9.17) is 5.73 Å². The van der Waals surface area contributed by atoms with E-state index < -0.39 is 0 Å². The molecule has 1 rings (SSSR count). The van der Waals surface area contributed by atoms with Gasteiger partial charge in [-0.15, -0.1) is 0 Å². The lowest BCUT2D eigenvalue weighted by atomic mass is 10.1. The first kappa shape index (κ1) is 15.5. The minimum absolute atomic E-state index is 0.195. The van der Waals surface area contributed by atoms with Crippen LogP contribution in [0.15, 0.2) is 17.4 Å². The van der Waals surface area contributed by atoms with E-state index in [2.05, 4.69) is 27.2 Å². The Labute approximate surface area is 115 Å². The number of aryl methyl sites for hydroxylation is 1. The third kappa shape index (κ3) is 5.30. The van der Waals surface area contributed by atoms with Gasteiger partial charge in [0.05, 0.1) is 18.8 Å². The van der Waals surface area contributed by atoms with Crippen LogP contribution in [0.2, 0.25) is 0 Å². The molecule has 108 valence electrons. The number of guanidine groups is 1. The molecule has 0 spiro atoms. The molecular weight excluding hydrogens is 240 g/mol. The lowest BCUT2D eigenvalue weighted by molar-refractivity contribution is 0.306. The van der Waals surface area contributed by atoms with E-state index in [0.717, 1.165) is 24.9 Å². The first-order valence-corrected chi connectivity index (χ1v) is 6.73. The molecule has 0 aliphatic carbocycles. The molecule has 1 aromatic heterocycles. The quantitative estimate of drug-likeness (QED) is 0.433. The molecule has 0 radical (unpaired) electrons. The van der Waals surface area contributed by atoms with Crippen LogP contribution in [0.4, 0.5) is 0 Å². The molecule has 0 saturated carbocycles. The molecule has 19 heavy (non-hydrogen) atoms. The molecule has 0 saturated heterocycles. The van der Waals surface area contributed by atoms with E-state index in [9.17, 15) is 0 Å². The second-order valence-electron chi connectivity index (χ2n) is 4.93. The second-order valence-corrected chi connectivity index (χ2v) is 4.93. The molecule has 0 aliphatic rings. The summed E-state index contributed by atoms with van der Waals surface area (Å²) in [6.45, 7) is 3.66. The number of unbranched alkanes of at least 4 members (excludes halogenated alkanes) is 1. The highest BCUT2D eigenvalue weighted by Gasteiger charge is 2.15. The van der Waals surface area contributed by atoms with Crippen molar-refractivity contribution in [3.8, 4) is 0 Å². The summed E-state index contributed by atoms with van der Waals surface area (Å²) in [5.41, 5.74) is 7.00. The number of nitrogens with zero attached hydrogens (tertiary/aromatic N) is 4. The van der Waals surface area contributed by atoms with Crippen LogP contribution in [0, 0.1) is 0 Å². The standard InChI is InChI=1S/C13H26N6/c1-5-6-7-15-13(14)16-9-12(18(2)3)11-8-17-19(4)10-11/h8,10,12H,5-7,9H2,1-4H3,(H3,14,15,16). The highest BCUT2D eigenvalue weighted by molar-refractivity contribution is 5.77. The van der Waals surface area contributed by atoms with Crippen LogP contribution in [0.3, 0.4) is 0 Å². The van der Waals surface area contributed by atoms with Crippen molar-refractivity contribution in [2.75, 3.05) is 27.2 Å². The Bertz CT molecular complexity index is 396. The highest BCUT2D eigenvalue weighted by atomic mass is 15.2. The van der Waals surface area contributed by atoms with Crippen LogP contribution < -0.4 is 11.1 Å². The maximum absolute atomic E-state index is 5.85. The summed E-state index contributed by atoms with van der Waals surface area (Å²) in [5.74, 6) is 0.518. The van der Waals surface area contributed by atoms with E-state index in [1.165, 1.54) is 0 Å². The van der Waals surface area contributed by atoms with E-state index in [1.54, 1.807) is 4.68 Å². The summed E-state index contributed by atoms with van der Waals surface area (Å²) in [6.07, 6.45) is 6.15. The second kappa shape index (κ2) is 7.78. The number of likely N-dealkylation sites (N-methyl/N-ethyl adjacent to an activating group) is 1. The van der Waals surface area contributed by atoms with Gasteiger partial charge in [-0.05, 0) is 20.5 Å². The van der Waals surface area contributed by atoms with E-state index in [-0.39, 0.29) is 6.04 Å². The Morgan fingerprint density at radius 3 is 2.84 bits per heavy atom. The molecule has 6 nitrogen and oxygen atoms in total. The van der Waals surface area contributed by atoms with Crippen LogP contribution in [0.5, 0.6) is 0 Å². The fraction of sp³-hybridized carbons (Fsp3) is 0.692. The molecule has 0 fully saturated rings. The number of rotatable bonds is 7. The predicted molar refractivity (Wildman–Crippen MR) is 79.0 cm³/mol. The fourth-order valence-corrected chi connectivity index (χ4v) is 1.81. The molecule has 1 heterocycles. The van der Waals surface area contributed by atoms with Crippen LogP contribution in [0.1, 0.15) is 31.4 Å². The van der Waals surface area contributed by atoms with Gasteiger partial charge in [-0.25, -0.2) is 0 Å². The maximum Gasteiger partial charge on any atom is 0.188 e. The van der Waals surface area contributed by atoms with Gasteiger partial charge in [-0.1, -0.05) is 13.3 Å². The fourth-order valence-electron chi connectivity index (χ4n) is 1.81. The molecule has 6 heteroatoms. The van der Waals surface area contributed by atoms with Gasteiger partial charge in [0.1, 0.15) is 0 Å². The van der Waals surface area contributed by atoms with Crippen molar-refractivity contribution in [3.05, 3.63) is 18.0 Å². The van der Waals surface area contributed by atoms with Gasteiger partial charge in [0.25, 0.3) is 0 Å². The van der Waals surface area contributed by atoms with Crippen LogP contribution in [-0.2, 0) is 7.05 Å². The summed E-state index contributed by atoms with van der Waals surface area (Å²) in [5, 5.41) is 7.33. The number of nitrogens with one attached hydrogen (secondary N) is 1. The lowest BCUT2D eigenvalue weighted by Gasteiger charge is -2.21. The van der Waals surface area contributed by atoms with Gasteiger partial charge in [0.2, 0.25) is 0 Å². The lowest BCUT2D eigenvalue weighted by Crippen LogP contribution is -2.33. The van der Waals surface area contributed by atoms with Gasteiger partial charge >= 0.3 is 0 Å². The van der Waals surface area contributed by atoms with Crippen molar-refractivity contribution < 1.29 is 0 Å². The highest BCUT2D eigenvalue weighted by Crippen LogP contribution is 2.17. The Kier molecular flexibility index (Phi) is 6.35. The first-order chi connectivity index (χ1) is 9.04. The monoisotopic (exact) mass is 266 g/mol. The largest absolute Gasteiger partial charge is 0.370 e. The van der Waals surface area contributed by atoms with Crippen molar-refractivity contribution in [1.29, 1.82) is 0 Å². The van der Waals surface area contributed by atoms with E-state index >= 15 is 0 Å². The SMILES string of the molecule is CCCCNC(N)=NCC(c1cnn(C)c1)N(C)C. The molecule has 0 aromatic carbocycles. The Morgan fingerprint density at radius 1 is 1.58 bits per heavy atom. The Morgan fingerprint density at radius 2 is 2.32 bits per heavy atom. The average Bonchev–Trinajstić information content (AvgIpc) is 2.76. The number of hydrogen-bond donors (Lipinski definition) is 2. The molecule has 0 bridgehead atoms. The topological polar surface area (TPSA) is 71.5 Å². The van der Waals surface area contributed by atoms with Crippen molar-refractivity contribution >= 4 is 5.96 Å². The molecule has 0 amide bonds. The number of aromatic nitrogens is 2. The minimum atomic E-state index is 0.195. The molecule has 1 aromatic rings. The van der Waals surface area contributed by atoms with Crippen molar-refractivity contribution in [2.45, 2.75) is 25.8 Å².